The van der Waals surface area contributed by atoms with Gasteiger partial charge in [0.25, 0.3) is 0 Å². The summed E-state index contributed by atoms with van der Waals surface area (Å²) in [6, 6.07) is 61.7. The number of para-hydroxylation sites is 2. The van der Waals surface area contributed by atoms with Crippen molar-refractivity contribution in [1.29, 1.82) is 0 Å². The van der Waals surface area contributed by atoms with E-state index in [1.54, 1.807) is 14.2 Å². The van der Waals surface area contributed by atoms with Gasteiger partial charge in [-0.1, -0.05) is 84.4 Å². The number of methoxy groups -OCH3 is 2. The van der Waals surface area contributed by atoms with Crippen LogP contribution >= 0.6 is 0 Å². The topological polar surface area (TPSA) is 24.9 Å². The van der Waals surface area contributed by atoms with Gasteiger partial charge in [0.05, 0.1) is 14.2 Å². The second-order valence-electron chi connectivity index (χ2n) is 11.9. The largest absolute Gasteiger partial charge is 0.497 e. The Labute approximate surface area is 289 Å². The average Bonchev–Trinajstić information content (AvgIpc) is 3.17. The fourth-order valence-electron chi connectivity index (χ4n) is 6.28. The molecule has 7 aromatic rings. The molecule has 0 aliphatic heterocycles. The first-order chi connectivity index (χ1) is 24.1. The monoisotopic (exact) mass is 638 g/mol. The van der Waals surface area contributed by atoms with E-state index in [2.05, 4.69) is 156 Å². The summed E-state index contributed by atoms with van der Waals surface area (Å²) in [6.07, 6.45) is 0. The van der Waals surface area contributed by atoms with Crippen molar-refractivity contribution in [2.75, 3.05) is 24.0 Å². The van der Waals surface area contributed by atoms with Gasteiger partial charge in [-0.05, 0) is 126 Å². The van der Waals surface area contributed by atoms with Crippen LogP contribution < -0.4 is 19.3 Å². The molecular formula is C45H38N2O2. The van der Waals surface area contributed by atoms with Crippen molar-refractivity contribution in [3.8, 4) is 33.8 Å². The Balaban J connectivity index is 1.33. The van der Waals surface area contributed by atoms with E-state index in [0.717, 1.165) is 51.2 Å². The van der Waals surface area contributed by atoms with Crippen molar-refractivity contribution in [2.24, 2.45) is 0 Å². The first-order valence-corrected chi connectivity index (χ1v) is 16.4. The van der Waals surface area contributed by atoms with E-state index in [0.29, 0.717) is 0 Å². The van der Waals surface area contributed by atoms with Crippen molar-refractivity contribution in [3.63, 3.8) is 0 Å². The van der Waals surface area contributed by atoms with Crippen LogP contribution in [0, 0.1) is 6.92 Å². The lowest BCUT2D eigenvalue weighted by Crippen LogP contribution is -2.10. The number of hydrogen-bond acceptors (Lipinski definition) is 4. The SMILES string of the molecule is COc1ccc(N(c2ccccc2)c2ccc(-c3ccc(N(c4ccccc4)c4ccc(OC)cc4)cc3-c3cccc(C)c3)cc2)cc1. The van der Waals surface area contributed by atoms with Gasteiger partial charge >= 0.3 is 0 Å². The highest BCUT2D eigenvalue weighted by Gasteiger charge is 2.18. The summed E-state index contributed by atoms with van der Waals surface area (Å²) in [6.45, 7) is 2.15. The highest BCUT2D eigenvalue weighted by atomic mass is 16.5. The second-order valence-corrected chi connectivity index (χ2v) is 11.9. The minimum atomic E-state index is 0.828. The summed E-state index contributed by atoms with van der Waals surface area (Å²) in [5.74, 6) is 1.66. The molecular weight excluding hydrogens is 601 g/mol. The van der Waals surface area contributed by atoms with Crippen LogP contribution in [0.5, 0.6) is 11.5 Å². The standard InChI is InChI=1S/C45H38N2O2/c1-33-11-10-12-35(31-33)45-32-41(47(37-15-8-5-9-16-37)40-23-28-43(49-3)29-24-40)25-30-44(45)34-17-19-38(20-18-34)46(36-13-6-4-7-14-36)39-21-26-42(48-2)27-22-39/h4-32H,1-3H3. The summed E-state index contributed by atoms with van der Waals surface area (Å²) >= 11 is 0. The quantitative estimate of drug-likeness (QED) is 0.149. The number of benzene rings is 7. The van der Waals surface area contributed by atoms with E-state index in [1.165, 1.54) is 22.3 Å². The van der Waals surface area contributed by atoms with Crippen molar-refractivity contribution in [1.82, 2.24) is 0 Å². The second kappa shape index (κ2) is 14.2. The summed E-state index contributed by atoms with van der Waals surface area (Å²) in [4.78, 5) is 4.55. The molecule has 0 radical (unpaired) electrons. The van der Waals surface area contributed by atoms with Gasteiger partial charge in [-0.15, -0.1) is 0 Å². The maximum atomic E-state index is 5.47. The van der Waals surface area contributed by atoms with E-state index < -0.39 is 0 Å². The van der Waals surface area contributed by atoms with Crippen LogP contribution in [-0.4, -0.2) is 14.2 Å². The Bertz CT molecular complexity index is 2130. The van der Waals surface area contributed by atoms with E-state index in [-0.39, 0.29) is 0 Å². The molecule has 0 aromatic heterocycles. The molecule has 0 spiro atoms. The lowest BCUT2D eigenvalue weighted by atomic mass is 9.92. The molecule has 0 saturated carbocycles. The van der Waals surface area contributed by atoms with Gasteiger partial charge in [-0.2, -0.15) is 0 Å². The predicted molar refractivity (Wildman–Crippen MR) is 205 cm³/mol. The fourth-order valence-corrected chi connectivity index (χ4v) is 6.28. The molecule has 0 saturated heterocycles. The third-order valence-electron chi connectivity index (χ3n) is 8.72. The molecule has 0 heterocycles. The van der Waals surface area contributed by atoms with Crippen molar-refractivity contribution >= 4 is 34.1 Å². The lowest BCUT2D eigenvalue weighted by Gasteiger charge is -2.27. The molecule has 0 fully saturated rings. The van der Waals surface area contributed by atoms with E-state index in [4.69, 9.17) is 9.47 Å². The summed E-state index contributed by atoms with van der Waals surface area (Å²) < 4.78 is 10.9. The Morgan fingerprint density at radius 3 is 1.29 bits per heavy atom. The number of nitrogens with zero attached hydrogens (tertiary/aromatic N) is 2. The zero-order chi connectivity index (χ0) is 33.6. The molecule has 240 valence electrons. The minimum absolute atomic E-state index is 0.828. The third-order valence-corrected chi connectivity index (χ3v) is 8.72. The minimum Gasteiger partial charge on any atom is -0.497 e. The van der Waals surface area contributed by atoms with Crippen LogP contribution in [0.3, 0.4) is 0 Å². The molecule has 0 bridgehead atoms. The van der Waals surface area contributed by atoms with Gasteiger partial charge in [0.15, 0.2) is 0 Å². The average molecular weight is 639 g/mol. The number of anilines is 6. The van der Waals surface area contributed by atoms with Gasteiger partial charge in [0, 0.05) is 34.1 Å². The number of hydrogen-bond donors (Lipinski definition) is 0. The highest BCUT2D eigenvalue weighted by Crippen LogP contribution is 2.42. The Morgan fingerprint density at radius 2 is 0.796 bits per heavy atom. The summed E-state index contributed by atoms with van der Waals surface area (Å²) in [5.41, 5.74) is 12.3. The molecule has 0 aliphatic carbocycles. The smallest absolute Gasteiger partial charge is 0.119 e. The van der Waals surface area contributed by atoms with E-state index in [1.807, 2.05) is 36.4 Å². The number of rotatable bonds is 10. The Morgan fingerprint density at radius 1 is 0.347 bits per heavy atom. The molecule has 0 N–H and O–H groups in total. The zero-order valence-corrected chi connectivity index (χ0v) is 28.0. The normalized spacial score (nSPS) is 10.8. The van der Waals surface area contributed by atoms with E-state index >= 15 is 0 Å². The van der Waals surface area contributed by atoms with Gasteiger partial charge in [-0.3, -0.25) is 0 Å². The first kappa shape index (κ1) is 31.3. The molecule has 0 atom stereocenters. The molecule has 49 heavy (non-hydrogen) atoms. The van der Waals surface area contributed by atoms with Gasteiger partial charge < -0.3 is 19.3 Å². The molecule has 7 rings (SSSR count). The number of ether oxygens (including phenoxy) is 2. The molecule has 0 amide bonds. The van der Waals surface area contributed by atoms with Crippen LogP contribution in [0.1, 0.15) is 5.56 Å². The maximum absolute atomic E-state index is 5.47. The third kappa shape index (κ3) is 6.76. The van der Waals surface area contributed by atoms with Crippen LogP contribution in [0.15, 0.2) is 176 Å². The summed E-state index contributed by atoms with van der Waals surface area (Å²) in [7, 11) is 3.39. The van der Waals surface area contributed by atoms with Crippen molar-refractivity contribution < 1.29 is 9.47 Å². The molecule has 4 heteroatoms. The van der Waals surface area contributed by atoms with E-state index in [9.17, 15) is 0 Å². The molecule has 4 nitrogen and oxygen atoms in total. The molecule has 0 aliphatic rings. The first-order valence-electron chi connectivity index (χ1n) is 16.4. The fraction of sp³-hybridized carbons (Fsp3) is 0.0667. The van der Waals surface area contributed by atoms with Gasteiger partial charge in [0.2, 0.25) is 0 Å². The lowest BCUT2D eigenvalue weighted by molar-refractivity contribution is 0.414. The van der Waals surface area contributed by atoms with Crippen LogP contribution in [0.25, 0.3) is 22.3 Å². The molecule has 0 unspecified atom stereocenters. The molecule has 7 aromatic carbocycles. The maximum Gasteiger partial charge on any atom is 0.119 e. The zero-order valence-electron chi connectivity index (χ0n) is 28.0. The van der Waals surface area contributed by atoms with Crippen LogP contribution in [0.2, 0.25) is 0 Å². The predicted octanol–water partition coefficient (Wildman–Crippen LogP) is 12.3. The van der Waals surface area contributed by atoms with Crippen LogP contribution in [-0.2, 0) is 0 Å². The highest BCUT2D eigenvalue weighted by molar-refractivity contribution is 5.90. The van der Waals surface area contributed by atoms with Crippen molar-refractivity contribution in [2.45, 2.75) is 6.92 Å². The Hall–Kier alpha value is -6.26. The Kier molecular flexibility index (Phi) is 9.11. The van der Waals surface area contributed by atoms with Gasteiger partial charge in [-0.25, -0.2) is 0 Å². The summed E-state index contributed by atoms with van der Waals surface area (Å²) in [5, 5.41) is 0. The van der Waals surface area contributed by atoms with Gasteiger partial charge in [0.1, 0.15) is 11.5 Å². The number of aryl methyl sites for hydroxylation is 1. The van der Waals surface area contributed by atoms with Crippen LogP contribution in [0.4, 0.5) is 34.1 Å². The van der Waals surface area contributed by atoms with Crippen molar-refractivity contribution in [3.05, 3.63) is 181 Å².